The Kier molecular flexibility index (Phi) is 5.66. The second kappa shape index (κ2) is 6.86. The molecule has 0 aromatic carbocycles. The first kappa shape index (κ1) is 11.6. The van der Waals surface area contributed by atoms with Crippen molar-refractivity contribution in [2.75, 3.05) is 13.1 Å². The van der Waals surface area contributed by atoms with Crippen molar-refractivity contribution >= 4 is 0 Å². The van der Waals surface area contributed by atoms with Gasteiger partial charge in [-0.3, -0.25) is 0 Å². The molecular formula is C12H22N2. The molecule has 0 aromatic rings. The Bertz CT molecular complexity index is 177. The second-order valence-electron chi connectivity index (χ2n) is 4.26. The van der Waals surface area contributed by atoms with Crippen LogP contribution in [-0.4, -0.2) is 19.1 Å². The van der Waals surface area contributed by atoms with E-state index in [1.165, 1.54) is 38.5 Å². The molecule has 1 aliphatic carbocycles. The molecule has 1 rings (SSSR count). The third kappa shape index (κ3) is 4.13. The molecule has 2 nitrogen and oxygen atoms in total. The fraction of sp³-hybridized carbons (Fsp3) is 0.833. The summed E-state index contributed by atoms with van der Waals surface area (Å²) in [4.78, 5) is 0. The number of hydrogen-bond acceptors (Lipinski definition) is 2. The van der Waals surface area contributed by atoms with Gasteiger partial charge in [-0.25, -0.2) is 0 Å². The summed E-state index contributed by atoms with van der Waals surface area (Å²) >= 11 is 0. The van der Waals surface area contributed by atoms with E-state index in [2.05, 4.69) is 11.2 Å². The maximum absolute atomic E-state index is 5.70. The molecule has 1 saturated carbocycles. The Morgan fingerprint density at radius 2 is 2.07 bits per heavy atom. The zero-order chi connectivity index (χ0) is 10.2. The lowest BCUT2D eigenvalue weighted by Crippen LogP contribution is -2.38. The van der Waals surface area contributed by atoms with Crippen molar-refractivity contribution in [2.45, 2.75) is 44.6 Å². The molecule has 0 aliphatic heterocycles. The number of rotatable bonds is 5. The first-order chi connectivity index (χ1) is 6.86. The van der Waals surface area contributed by atoms with Gasteiger partial charge in [0.25, 0.3) is 0 Å². The van der Waals surface area contributed by atoms with Gasteiger partial charge in [0.05, 0.1) is 6.54 Å². The summed E-state index contributed by atoms with van der Waals surface area (Å²) in [5.74, 6) is 3.48. The van der Waals surface area contributed by atoms with Crippen LogP contribution in [0.25, 0.3) is 0 Å². The number of terminal acetylenes is 1. The van der Waals surface area contributed by atoms with Crippen LogP contribution >= 0.6 is 0 Å². The zero-order valence-electron chi connectivity index (χ0n) is 8.97. The third-order valence-corrected chi connectivity index (χ3v) is 3.12. The number of hydrogen-bond donors (Lipinski definition) is 2. The Morgan fingerprint density at radius 3 is 2.64 bits per heavy atom. The monoisotopic (exact) mass is 194 g/mol. The smallest absolute Gasteiger partial charge is 0.0576 e. The minimum absolute atomic E-state index is 0.425. The average Bonchev–Trinajstić information content (AvgIpc) is 2.25. The van der Waals surface area contributed by atoms with Crippen LogP contribution in [0.4, 0.5) is 0 Å². The molecule has 0 amide bonds. The van der Waals surface area contributed by atoms with Crippen molar-refractivity contribution in [1.82, 2.24) is 5.32 Å². The Morgan fingerprint density at radius 1 is 1.36 bits per heavy atom. The molecule has 0 aromatic heterocycles. The van der Waals surface area contributed by atoms with Gasteiger partial charge in [0, 0.05) is 12.6 Å². The van der Waals surface area contributed by atoms with Crippen LogP contribution in [0.15, 0.2) is 0 Å². The molecule has 0 spiro atoms. The topological polar surface area (TPSA) is 38.0 Å². The Labute approximate surface area is 87.6 Å². The predicted molar refractivity (Wildman–Crippen MR) is 60.9 cm³/mol. The average molecular weight is 194 g/mol. The van der Waals surface area contributed by atoms with Crippen LogP contribution in [0.1, 0.15) is 38.5 Å². The van der Waals surface area contributed by atoms with Gasteiger partial charge < -0.3 is 11.1 Å². The Balaban J connectivity index is 2.20. The quantitative estimate of drug-likeness (QED) is 0.651. The first-order valence-corrected chi connectivity index (χ1v) is 5.73. The molecule has 80 valence electrons. The summed E-state index contributed by atoms with van der Waals surface area (Å²) in [5, 5.41) is 3.31. The summed E-state index contributed by atoms with van der Waals surface area (Å²) in [6.45, 7) is 1.35. The van der Waals surface area contributed by atoms with Crippen molar-refractivity contribution in [3.8, 4) is 12.3 Å². The zero-order valence-corrected chi connectivity index (χ0v) is 8.97. The van der Waals surface area contributed by atoms with Crippen LogP contribution in [0, 0.1) is 18.3 Å². The van der Waals surface area contributed by atoms with E-state index in [4.69, 9.17) is 12.2 Å². The maximum atomic E-state index is 5.70. The van der Waals surface area contributed by atoms with E-state index in [0.29, 0.717) is 19.1 Å². The van der Waals surface area contributed by atoms with E-state index in [1.807, 2.05) is 0 Å². The van der Waals surface area contributed by atoms with Gasteiger partial charge in [0.15, 0.2) is 0 Å². The minimum atomic E-state index is 0.425. The number of nitrogens with two attached hydrogens (primary N) is 1. The molecule has 14 heavy (non-hydrogen) atoms. The van der Waals surface area contributed by atoms with E-state index in [0.717, 1.165) is 5.92 Å². The van der Waals surface area contributed by atoms with Gasteiger partial charge in [0.2, 0.25) is 0 Å². The van der Waals surface area contributed by atoms with E-state index >= 15 is 0 Å². The van der Waals surface area contributed by atoms with Crippen LogP contribution in [0.3, 0.4) is 0 Å². The van der Waals surface area contributed by atoms with Crippen molar-refractivity contribution in [3.63, 3.8) is 0 Å². The Hall–Kier alpha value is -0.520. The van der Waals surface area contributed by atoms with Crippen LogP contribution in [0.5, 0.6) is 0 Å². The van der Waals surface area contributed by atoms with Gasteiger partial charge in [-0.2, -0.15) is 0 Å². The maximum Gasteiger partial charge on any atom is 0.0576 e. The van der Waals surface area contributed by atoms with Crippen LogP contribution in [0.2, 0.25) is 0 Å². The van der Waals surface area contributed by atoms with Gasteiger partial charge in [-0.05, 0) is 12.3 Å². The lowest BCUT2D eigenvalue weighted by molar-refractivity contribution is 0.303. The fourth-order valence-electron chi connectivity index (χ4n) is 2.29. The van der Waals surface area contributed by atoms with Crippen molar-refractivity contribution in [3.05, 3.63) is 0 Å². The lowest BCUT2D eigenvalue weighted by Gasteiger charge is -2.26. The van der Waals surface area contributed by atoms with Gasteiger partial charge >= 0.3 is 0 Å². The first-order valence-electron chi connectivity index (χ1n) is 5.73. The van der Waals surface area contributed by atoms with E-state index in [1.54, 1.807) is 0 Å². The summed E-state index contributed by atoms with van der Waals surface area (Å²) in [6, 6.07) is 0.425. The van der Waals surface area contributed by atoms with E-state index < -0.39 is 0 Å². The molecule has 2 heteroatoms. The SMILES string of the molecule is C#CCNC(CN)CC1CCCCC1. The molecule has 1 unspecified atom stereocenters. The van der Waals surface area contributed by atoms with E-state index in [9.17, 15) is 0 Å². The summed E-state index contributed by atoms with van der Waals surface area (Å²) < 4.78 is 0. The number of nitrogens with one attached hydrogen (secondary N) is 1. The van der Waals surface area contributed by atoms with Gasteiger partial charge in [0.1, 0.15) is 0 Å². The highest BCUT2D eigenvalue weighted by Gasteiger charge is 2.17. The molecule has 1 atom stereocenters. The van der Waals surface area contributed by atoms with Crippen LogP contribution < -0.4 is 11.1 Å². The minimum Gasteiger partial charge on any atom is -0.329 e. The summed E-state index contributed by atoms with van der Waals surface area (Å²) in [7, 11) is 0. The third-order valence-electron chi connectivity index (χ3n) is 3.12. The summed E-state index contributed by atoms with van der Waals surface area (Å²) in [6.07, 6.45) is 13.4. The molecule has 1 aliphatic rings. The molecule has 0 bridgehead atoms. The largest absolute Gasteiger partial charge is 0.329 e. The highest BCUT2D eigenvalue weighted by molar-refractivity contribution is 4.89. The van der Waals surface area contributed by atoms with E-state index in [-0.39, 0.29) is 0 Å². The highest BCUT2D eigenvalue weighted by atomic mass is 14.9. The predicted octanol–water partition coefficient (Wildman–Crippen LogP) is 1.51. The molecule has 0 heterocycles. The molecule has 1 fully saturated rings. The fourth-order valence-corrected chi connectivity index (χ4v) is 2.29. The van der Waals surface area contributed by atoms with Crippen molar-refractivity contribution < 1.29 is 0 Å². The molecule has 0 saturated heterocycles. The van der Waals surface area contributed by atoms with Crippen LogP contribution in [-0.2, 0) is 0 Å². The highest BCUT2D eigenvalue weighted by Crippen LogP contribution is 2.27. The molecule has 3 N–H and O–H groups in total. The van der Waals surface area contributed by atoms with Gasteiger partial charge in [-0.15, -0.1) is 6.42 Å². The normalized spacial score (nSPS) is 20.3. The summed E-state index contributed by atoms with van der Waals surface area (Å²) in [5.41, 5.74) is 5.70. The lowest BCUT2D eigenvalue weighted by atomic mass is 9.85. The second-order valence-corrected chi connectivity index (χ2v) is 4.26. The van der Waals surface area contributed by atoms with Crippen molar-refractivity contribution in [2.24, 2.45) is 11.7 Å². The molecular weight excluding hydrogens is 172 g/mol. The van der Waals surface area contributed by atoms with Gasteiger partial charge in [-0.1, -0.05) is 38.0 Å². The van der Waals surface area contributed by atoms with Crippen molar-refractivity contribution in [1.29, 1.82) is 0 Å². The standard InChI is InChI=1S/C12H22N2/c1-2-8-14-12(10-13)9-11-6-4-3-5-7-11/h1,11-12,14H,3-10,13H2. The molecule has 0 radical (unpaired) electrons.